The predicted octanol–water partition coefficient (Wildman–Crippen LogP) is 3.67. The number of rotatable bonds is 6. The van der Waals surface area contributed by atoms with E-state index in [9.17, 15) is 14.7 Å². The second kappa shape index (κ2) is 9.24. The van der Waals surface area contributed by atoms with Crippen LogP contribution in [0.25, 0.3) is 0 Å². The fourth-order valence-corrected chi connectivity index (χ4v) is 4.78. The molecule has 1 unspecified atom stereocenters. The van der Waals surface area contributed by atoms with Crippen LogP contribution in [0.4, 0.5) is 0 Å². The first-order valence-electron chi connectivity index (χ1n) is 9.54. The van der Waals surface area contributed by atoms with Gasteiger partial charge >= 0.3 is 11.9 Å². The zero-order valence-electron chi connectivity index (χ0n) is 17.7. The van der Waals surface area contributed by atoms with Crippen molar-refractivity contribution in [3.05, 3.63) is 24.9 Å². The topological polar surface area (TPSA) is 82.1 Å². The molecular weight excluding hydrogens is 444 g/mol. The molecule has 2 aliphatic heterocycles. The molecule has 8 heteroatoms. The molecule has 2 heterocycles. The monoisotopic (exact) mass is 476 g/mol. The summed E-state index contributed by atoms with van der Waals surface area (Å²) in [6.45, 7) is 18.7. The maximum Gasteiger partial charge on any atom is 0.325 e. The SMILES string of the molecule is C=C[C@@]1(C)C(=O)O[C@H](CC)[C@H]1O.C=C[Si](C)(C)O[C@@H]1[C@@H](CC)OC(=O)C1(C)Br. The molecule has 2 rings (SSSR count). The van der Waals surface area contributed by atoms with Crippen molar-refractivity contribution >= 4 is 36.2 Å². The Morgan fingerprint density at radius 2 is 1.64 bits per heavy atom. The van der Waals surface area contributed by atoms with E-state index in [4.69, 9.17) is 13.9 Å². The summed E-state index contributed by atoms with van der Waals surface area (Å²) in [6.07, 6.45) is 1.33. The highest BCUT2D eigenvalue weighted by atomic mass is 79.9. The first kappa shape index (κ1) is 25.1. The van der Waals surface area contributed by atoms with Gasteiger partial charge in [-0.2, -0.15) is 0 Å². The molecule has 28 heavy (non-hydrogen) atoms. The molecule has 6 nitrogen and oxygen atoms in total. The number of aliphatic hydroxyl groups excluding tert-OH is 1. The summed E-state index contributed by atoms with van der Waals surface area (Å²) in [5.41, 5.74) is 0.951. The molecule has 2 saturated heterocycles. The van der Waals surface area contributed by atoms with Gasteiger partial charge in [-0.3, -0.25) is 9.59 Å². The molecule has 0 aromatic carbocycles. The Balaban J connectivity index is 0.000000292. The van der Waals surface area contributed by atoms with Crippen molar-refractivity contribution in [2.75, 3.05) is 0 Å². The van der Waals surface area contributed by atoms with Gasteiger partial charge < -0.3 is 19.0 Å². The van der Waals surface area contributed by atoms with Gasteiger partial charge in [0.1, 0.15) is 34.2 Å². The molecule has 0 bridgehead atoms. The summed E-state index contributed by atoms with van der Waals surface area (Å²) in [5.74, 6) is -0.616. The Labute approximate surface area is 177 Å². The number of hydrogen-bond acceptors (Lipinski definition) is 6. The Bertz CT molecular complexity index is 620. The molecule has 0 spiro atoms. The molecule has 0 amide bonds. The van der Waals surface area contributed by atoms with Crippen molar-refractivity contribution < 1.29 is 28.6 Å². The van der Waals surface area contributed by atoms with Gasteiger partial charge in [-0.25, -0.2) is 0 Å². The van der Waals surface area contributed by atoms with E-state index in [2.05, 4.69) is 42.2 Å². The number of alkyl halides is 1. The van der Waals surface area contributed by atoms with Gasteiger partial charge in [0.15, 0.2) is 0 Å². The molecule has 6 atom stereocenters. The van der Waals surface area contributed by atoms with Gasteiger partial charge in [-0.05, 0) is 39.8 Å². The third kappa shape index (κ3) is 4.95. The van der Waals surface area contributed by atoms with Crippen molar-refractivity contribution in [1.29, 1.82) is 0 Å². The van der Waals surface area contributed by atoms with E-state index in [1.807, 2.05) is 26.5 Å². The van der Waals surface area contributed by atoms with Crippen LogP contribution < -0.4 is 0 Å². The summed E-state index contributed by atoms with van der Waals surface area (Å²) in [4.78, 5) is 22.9. The lowest BCUT2D eigenvalue weighted by Gasteiger charge is -2.31. The Morgan fingerprint density at radius 3 is 2.00 bits per heavy atom. The van der Waals surface area contributed by atoms with E-state index in [0.29, 0.717) is 6.42 Å². The minimum Gasteiger partial charge on any atom is -0.459 e. The molecular formula is C20H33BrO6Si. The molecule has 0 aromatic heterocycles. The van der Waals surface area contributed by atoms with Crippen molar-refractivity contribution in [2.45, 2.75) is 82.4 Å². The van der Waals surface area contributed by atoms with Crippen molar-refractivity contribution in [2.24, 2.45) is 5.41 Å². The van der Waals surface area contributed by atoms with Crippen LogP contribution in [0.15, 0.2) is 24.9 Å². The van der Waals surface area contributed by atoms with Gasteiger partial charge in [0.05, 0.1) is 0 Å². The zero-order chi connectivity index (χ0) is 21.9. The van der Waals surface area contributed by atoms with Crippen LogP contribution in [0.3, 0.4) is 0 Å². The van der Waals surface area contributed by atoms with Gasteiger partial charge in [-0.15, -0.1) is 13.2 Å². The number of ether oxygens (including phenoxy) is 2. The van der Waals surface area contributed by atoms with E-state index in [1.54, 1.807) is 6.92 Å². The lowest BCUT2D eigenvalue weighted by molar-refractivity contribution is -0.146. The number of aliphatic hydroxyl groups is 1. The third-order valence-corrected chi connectivity index (χ3v) is 7.96. The van der Waals surface area contributed by atoms with Crippen molar-refractivity contribution in [3.8, 4) is 0 Å². The van der Waals surface area contributed by atoms with Gasteiger partial charge in [-0.1, -0.05) is 41.6 Å². The van der Waals surface area contributed by atoms with E-state index < -0.39 is 24.2 Å². The number of hydrogen-bond donors (Lipinski definition) is 1. The average Bonchev–Trinajstić information content (AvgIpc) is 3.00. The third-order valence-electron chi connectivity index (χ3n) is 5.35. The summed E-state index contributed by atoms with van der Waals surface area (Å²) >= 11 is 3.43. The molecule has 1 N–H and O–H groups in total. The maximum atomic E-state index is 11.7. The fraction of sp³-hybridized carbons (Fsp3) is 0.700. The molecule has 2 aliphatic rings. The van der Waals surface area contributed by atoms with Crippen LogP contribution in [-0.2, 0) is 23.5 Å². The smallest absolute Gasteiger partial charge is 0.325 e. The van der Waals surface area contributed by atoms with Crippen LogP contribution >= 0.6 is 15.9 Å². The number of esters is 2. The Hall–Kier alpha value is -0.963. The highest BCUT2D eigenvalue weighted by Crippen LogP contribution is 2.39. The molecule has 160 valence electrons. The lowest BCUT2D eigenvalue weighted by atomic mass is 9.84. The van der Waals surface area contributed by atoms with Crippen LogP contribution in [0.1, 0.15) is 40.5 Å². The quantitative estimate of drug-likeness (QED) is 0.272. The highest BCUT2D eigenvalue weighted by molar-refractivity contribution is 9.10. The van der Waals surface area contributed by atoms with Gasteiger partial charge in [0.25, 0.3) is 0 Å². The Kier molecular flexibility index (Phi) is 8.27. The lowest BCUT2D eigenvalue weighted by Crippen LogP contribution is -2.46. The number of cyclic esters (lactones) is 2. The van der Waals surface area contributed by atoms with Crippen LogP contribution in [-0.4, -0.2) is 54.1 Å². The van der Waals surface area contributed by atoms with Gasteiger partial charge in [0.2, 0.25) is 8.32 Å². The first-order chi connectivity index (χ1) is 12.8. The first-order valence-corrected chi connectivity index (χ1v) is 13.3. The minimum absolute atomic E-state index is 0.163. The molecule has 0 aliphatic carbocycles. The number of halogens is 1. The summed E-state index contributed by atoms with van der Waals surface area (Å²) < 4.78 is 15.6. The molecule has 0 aromatic rings. The van der Waals surface area contributed by atoms with E-state index in [0.717, 1.165) is 6.42 Å². The molecule has 0 radical (unpaired) electrons. The number of carbonyl (C=O) groups is 2. The van der Waals surface area contributed by atoms with Crippen molar-refractivity contribution in [3.63, 3.8) is 0 Å². The van der Waals surface area contributed by atoms with Gasteiger partial charge in [0, 0.05) is 0 Å². The van der Waals surface area contributed by atoms with Crippen LogP contribution in [0.5, 0.6) is 0 Å². The number of carbonyl (C=O) groups excluding carboxylic acids is 2. The minimum atomic E-state index is -1.92. The molecule has 2 fully saturated rings. The van der Waals surface area contributed by atoms with Crippen LogP contribution in [0.2, 0.25) is 13.1 Å². The molecule has 0 saturated carbocycles. The average molecular weight is 477 g/mol. The summed E-state index contributed by atoms with van der Waals surface area (Å²) in [5, 5.41) is 9.66. The normalized spacial score (nSPS) is 37.6. The van der Waals surface area contributed by atoms with E-state index in [1.165, 1.54) is 6.08 Å². The summed E-state index contributed by atoms with van der Waals surface area (Å²) in [6, 6.07) is 0. The zero-order valence-corrected chi connectivity index (χ0v) is 20.2. The largest absolute Gasteiger partial charge is 0.459 e. The summed E-state index contributed by atoms with van der Waals surface area (Å²) in [7, 11) is -1.92. The van der Waals surface area contributed by atoms with Crippen molar-refractivity contribution in [1.82, 2.24) is 0 Å². The highest BCUT2D eigenvalue weighted by Gasteiger charge is 2.54. The second-order valence-corrected chi connectivity index (χ2v) is 13.6. The standard InChI is InChI=1S/C11H19BrO3Si.C9H14O3/c1-6-8-9(15-16(4,5)7-2)11(3,12)10(13)14-8;1-4-6-7(10)9(3,5-2)8(11)12-6/h7-9H,2,6H2,1,3-5H3;5-7,10H,2,4H2,1,3H3/t8-,9-,11?;6-,7-,9-/m11/s1. The van der Waals surface area contributed by atoms with Crippen LogP contribution in [0, 0.1) is 5.41 Å². The van der Waals surface area contributed by atoms with E-state index >= 15 is 0 Å². The fourth-order valence-electron chi connectivity index (χ4n) is 2.99. The second-order valence-electron chi connectivity index (χ2n) is 8.06. The maximum absolute atomic E-state index is 11.7. The predicted molar refractivity (Wildman–Crippen MR) is 115 cm³/mol. The van der Waals surface area contributed by atoms with E-state index in [-0.39, 0.29) is 30.3 Å². The Morgan fingerprint density at radius 1 is 1.14 bits per heavy atom.